The van der Waals surface area contributed by atoms with Gasteiger partial charge in [0.05, 0.1) is 18.6 Å². The van der Waals surface area contributed by atoms with Crippen molar-refractivity contribution < 1.29 is 36.3 Å². The van der Waals surface area contributed by atoms with Crippen LogP contribution in [0.15, 0.2) is 29.2 Å². The smallest absolute Gasteiger partial charge is 0.418 e. The molecule has 0 radical (unpaired) electrons. The normalized spacial score (nSPS) is 13.5. The van der Waals surface area contributed by atoms with E-state index < -0.39 is 38.7 Å². The molecule has 0 saturated heterocycles. The molecule has 1 atom stereocenters. The van der Waals surface area contributed by atoms with Gasteiger partial charge in [0.25, 0.3) is 5.91 Å². The van der Waals surface area contributed by atoms with Crippen molar-refractivity contribution in [3.05, 3.63) is 24.3 Å². The van der Waals surface area contributed by atoms with E-state index in [1.54, 1.807) is 5.32 Å². The van der Waals surface area contributed by atoms with Crippen molar-refractivity contribution in [2.24, 2.45) is 0 Å². The summed E-state index contributed by atoms with van der Waals surface area (Å²) in [6.45, 7) is -1.03. The lowest BCUT2D eigenvalue weighted by Crippen LogP contribution is -2.50. The Hall–Kier alpha value is -1.85. The highest BCUT2D eigenvalue weighted by molar-refractivity contribution is 7.92. The number of carbonyl (C=O) groups is 1. The number of halogens is 3. The second-order valence-corrected chi connectivity index (χ2v) is 6.09. The molecule has 1 unspecified atom stereocenters. The first-order valence-corrected chi connectivity index (χ1v) is 7.28. The van der Waals surface area contributed by atoms with Gasteiger partial charge in [-0.05, 0) is 24.3 Å². The van der Waals surface area contributed by atoms with E-state index in [1.807, 2.05) is 0 Å². The maximum Gasteiger partial charge on any atom is 0.418 e. The van der Waals surface area contributed by atoms with E-state index in [4.69, 9.17) is 9.94 Å². The second-order valence-electron chi connectivity index (χ2n) is 4.06. The van der Waals surface area contributed by atoms with E-state index in [-0.39, 0.29) is 5.75 Å². The van der Waals surface area contributed by atoms with Crippen molar-refractivity contribution in [2.75, 3.05) is 13.7 Å². The standard InChI is InChI=1S/C11H13F3N2O5S/c1-21-7-2-4-8(5-3-7)22(19,20)10(11(12,13)14)15-6-9(17)16-18/h2-5,10,15,18H,6H2,1H3,(H,16,17). The minimum Gasteiger partial charge on any atom is -0.497 e. The van der Waals surface area contributed by atoms with Crippen molar-refractivity contribution in [3.63, 3.8) is 0 Å². The Bertz CT molecular complexity index is 616. The van der Waals surface area contributed by atoms with Crippen LogP contribution < -0.4 is 15.5 Å². The topological polar surface area (TPSA) is 105 Å². The van der Waals surface area contributed by atoms with Gasteiger partial charge in [0.15, 0.2) is 0 Å². The number of sulfone groups is 1. The molecule has 3 N–H and O–H groups in total. The maximum atomic E-state index is 12.9. The first-order chi connectivity index (χ1) is 10.1. The van der Waals surface area contributed by atoms with Gasteiger partial charge in [-0.3, -0.25) is 15.3 Å². The second kappa shape index (κ2) is 6.94. The number of amides is 1. The molecule has 0 aromatic heterocycles. The van der Waals surface area contributed by atoms with Crippen molar-refractivity contribution in [1.82, 2.24) is 10.8 Å². The molecule has 0 fully saturated rings. The molecule has 0 saturated carbocycles. The Labute approximate surface area is 124 Å². The molecule has 22 heavy (non-hydrogen) atoms. The third kappa shape index (κ3) is 4.32. The van der Waals surface area contributed by atoms with Gasteiger partial charge in [-0.25, -0.2) is 13.9 Å². The van der Waals surface area contributed by atoms with Crippen molar-refractivity contribution in [1.29, 1.82) is 0 Å². The minimum atomic E-state index is -5.16. The quantitative estimate of drug-likeness (QED) is 0.512. The van der Waals surface area contributed by atoms with E-state index in [0.717, 1.165) is 17.6 Å². The molecule has 0 aliphatic carbocycles. The van der Waals surface area contributed by atoms with E-state index >= 15 is 0 Å². The Balaban J connectivity index is 3.12. The van der Waals surface area contributed by atoms with Crippen LogP contribution >= 0.6 is 0 Å². The molecule has 1 amide bonds. The number of hydroxylamine groups is 1. The summed E-state index contributed by atoms with van der Waals surface area (Å²) in [5, 5.41) is 6.81. The molecule has 124 valence electrons. The number of ether oxygens (including phenoxy) is 1. The average Bonchev–Trinajstić information content (AvgIpc) is 2.45. The van der Waals surface area contributed by atoms with Crippen LogP contribution in [0.25, 0.3) is 0 Å². The Kier molecular flexibility index (Phi) is 5.74. The van der Waals surface area contributed by atoms with Gasteiger partial charge in [-0.1, -0.05) is 0 Å². The highest BCUT2D eigenvalue weighted by atomic mass is 32.2. The van der Waals surface area contributed by atoms with Crippen LogP contribution in [0.3, 0.4) is 0 Å². The molecule has 11 heteroatoms. The van der Waals surface area contributed by atoms with Gasteiger partial charge >= 0.3 is 6.18 Å². The van der Waals surface area contributed by atoms with Crippen molar-refractivity contribution in [2.45, 2.75) is 16.4 Å². The number of methoxy groups -OCH3 is 1. The van der Waals surface area contributed by atoms with Crippen LogP contribution in [-0.2, 0) is 14.6 Å². The number of benzene rings is 1. The summed E-state index contributed by atoms with van der Waals surface area (Å²) in [4.78, 5) is 10.2. The zero-order chi connectivity index (χ0) is 17.0. The summed E-state index contributed by atoms with van der Waals surface area (Å²) in [5.74, 6) is -0.936. The van der Waals surface area contributed by atoms with Crippen LogP contribution in [0.2, 0.25) is 0 Å². The Morgan fingerprint density at radius 3 is 2.27 bits per heavy atom. The third-order valence-electron chi connectivity index (χ3n) is 2.57. The molecular weight excluding hydrogens is 329 g/mol. The maximum absolute atomic E-state index is 12.9. The molecule has 1 aromatic rings. The monoisotopic (exact) mass is 342 g/mol. The highest BCUT2D eigenvalue weighted by Gasteiger charge is 2.49. The SMILES string of the molecule is COc1ccc(S(=O)(=O)C(NCC(=O)NO)C(F)(F)F)cc1. The molecule has 0 bridgehead atoms. The first-order valence-electron chi connectivity index (χ1n) is 5.74. The van der Waals surface area contributed by atoms with E-state index in [2.05, 4.69) is 0 Å². The van der Waals surface area contributed by atoms with Gasteiger partial charge in [-0.2, -0.15) is 13.2 Å². The average molecular weight is 342 g/mol. The Morgan fingerprint density at radius 2 is 1.86 bits per heavy atom. The molecule has 0 aliphatic heterocycles. The lowest BCUT2D eigenvalue weighted by atomic mass is 10.3. The molecular formula is C11H13F3N2O5S. The summed E-state index contributed by atoms with van der Waals surface area (Å²) in [6, 6.07) is 4.31. The van der Waals surface area contributed by atoms with Gasteiger partial charge in [0.2, 0.25) is 15.2 Å². The fourth-order valence-electron chi connectivity index (χ4n) is 1.53. The predicted octanol–water partition coefficient (Wildman–Crippen LogP) is 0.452. The van der Waals surface area contributed by atoms with Gasteiger partial charge in [0.1, 0.15) is 5.75 Å². The molecule has 1 rings (SSSR count). The van der Waals surface area contributed by atoms with Crippen LogP contribution in [0.1, 0.15) is 0 Å². The molecule has 7 nitrogen and oxygen atoms in total. The number of alkyl halides is 3. The van der Waals surface area contributed by atoms with Crippen LogP contribution in [0.5, 0.6) is 5.75 Å². The zero-order valence-electron chi connectivity index (χ0n) is 11.2. The summed E-state index contributed by atoms with van der Waals surface area (Å²) >= 11 is 0. The highest BCUT2D eigenvalue weighted by Crippen LogP contribution is 2.29. The van der Waals surface area contributed by atoms with Gasteiger partial charge < -0.3 is 4.74 Å². The molecule has 0 spiro atoms. The van der Waals surface area contributed by atoms with Crippen LogP contribution in [-0.4, -0.2) is 44.7 Å². The van der Waals surface area contributed by atoms with E-state index in [0.29, 0.717) is 0 Å². The number of carbonyl (C=O) groups excluding carboxylic acids is 1. The number of rotatable bonds is 6. The molecule has 0 aliphatic rings. The number of hydrogen-bond donors (Lipinski definition) is 3. The lowest BCUT2D eigenvalue weighted by Gasteiger charge is -2.21. The first kappa shape index (κ1) is 18.2. The summed E-state index contributed by atoms with van der Waals surface area (Å²) in [7, 11) is -3.52. The fourth-order valence-corrected chi connectivity index (χ4v) is 2.97. The van der Waals surface area contributed by atoms with E-state index in [9.17, 15) is 26.4 Å². The minimum absolute atomic E-state index is 0.273. The van der Waals surface area contributed by atoms with Gasteiger partial charge in [-0.15, -0.1) is 0 Å². The Morgan fingerprint density at radius 1 is 1.32 bits per heavy atom. The number of hydrogen-bond acceptors (Lipinski definition) is 6. The number of nitrogens with one attached hydrogen (secondary N) is 2. The van der Waals surface area contributed by atoms with E-state index in [1.165, 1.54) is 19.2 Å². The van der Waals surface area contributed by atoms with Crippen LogP contribution in [0, 0.1) is 0 Å². The van der Waals surface area contributed by atoms with Crippen molar-refractivity contribution in [3.8, 4) is 5.75 Å². The third-order valence-corrected chi connectivity index (χ3v) is 4.55. The summed E-state index contributed by atoms with van der Waals surface area (Å²) in [6.07, 6.45) is -5.16. The van der Waals surface area contributed by atoms with Crippen LogP contribution in [0.4, 0.5) is 13.2 Å². The zero-order valence-corrected chi connectivity index (χ0v) is 12.0. The van der Waals surface area contributed by atoms with Gasteiger partial charge in [0, 0.05) is 0 Å². The predicted molar refractivity (Wildman–Crippen MR) is 68.0 cm³/mol. The summed E-state index contributed by atoms with van der Waals surface area (Å²) < 4.78 is 67.7. The molecule has 0 heterocycles. The largest absolute Gasteiger partial charge is 0.497 e. The lowest BCUT2D eigenvalue weighted by molar-refractivity contribution is -0.139. The summed E-state index contributed by atoms with van der Waals surface area (Å²) in [5.41, 5.74) is 1.10. The fraction of sp³-hybridized carbons (Fsp3) is 0.364. The van der Waals surface area contributed by atoms with Crippen molar-refractivity contribution >= 4 is 15.7 Å². The molecule has 1 aromatic carbocycles.